The van der Waals surface area contributed by atoms with Gasteiger partial charge in [-0.3, -0.25) is 4.79 Å². The van der Waals surface area contributed by atoms with E-state index < -0.39 is 0 Å². The molecule has 6 heteroatoms. The van der Waals surface area contributed by atoms with E-state index in [4.69, 9.17) is 4.74 Å². The maximum absolute atomic E-state index is 11.9. The molecule has 0 atom stereocenters. The highest BCUT2D eigenvalue weighted by molar-refractivity contribution is 7.08. The first-order chi connectivity index (χ1) is 9.65. The highest BCUT2D eigenvalue weighted by Gasteiger charge is 2.07. The van der Waals surface area contributed by atoms with E-state index in [9.17, 15) is 4.79 Å². The zero-order chi connectivity index (χ0) is 14.4. The molecule has 1 N–H and O–H groups in total. The van der Waals surface area contributed by atoms with Gasteiger partial charge in [-0.05, 0) is 31.6 Å². The number of ether oxygens (including phenoxy) is 1. The maximum atomic E-state index is 11.9. The summed E-state index contributed by atoms with van der Waals surface area (Å²) in [5.74, 6) is 0.381. The molecule has 2 heterocycles. The average Bonchev–Trinajstić information content (AvgIpc) is 2.92. The summed E-state index contributed by atoms with van der Waals surface area (Å²) in [6.45, 7) is 1.37. The quantitative estimate of drug-likeness (QED) is 0.887. The molecule has 0 aliphatic carbocycles. The summed E-state index contributed by atoms with van der Waals surface area (Å²) in [6, 6.07) is 5.25. The Morgan fingerprint density at radius 3 is 3.00 bits per heavy atom. The van der Waals surface area contributed by atoms with Gasteiger partial charge in [-0.15, -0.1) is 0 Å². The molecule has 20 heavy (non-hydrogen) atoms. The summed E-state index contributed by atoms with van der Waals surface area (Å²) < 4.78 is 5.53. The number of carbonyl (C=O) groups excluding carboxylic acids is 1. The van der Waals surface area contributed by atoms with Gasteiger partial charge in [-0.2, -0.15) is 11.3 Å². The van der Waals surface area contributed by atoms with Crippen LogP contribution in [-0.4, -0.2) is 43.0 Å². The van der Waals surface area contributed by atoms with Gasteiger partial charge in [0, 0.05) is 29.9 Å². The van der Waals surface area contributed by atoms with Crippen LogP contribution in [0.3, 0.4) is 0 Å². The highest BCUT2D eigenvalue weighted by Crippen LogP contribution is 2.16. The SMILES string of the molecule is CN(C)CCOc1cc(NC(=O)c2ccsc2)ccn1. The number of hydrogen-bond donors (Lipinski definition) is 1. The molecule has 0 saturated heterocycles. The van der Waals surface area contributed by atoms with Gasteiger partial charge in [0.15, 0.2) is 0 Å². The van der Waals surface area contributed by atoms with E-state index in [-0.39, 0.29) is 5.91 Å². The number of likely N-dealkylation sites (N-methyl/N-ethyl adjacent to an activating group) is 1. The topological polar surface area (TPSA) is 54.5 Å². The van der Waals surface area contributed by atoms with E-state index in [1.807, 2.05) is 29.8 Å². The number of thiophene rings is 1. The zero-order valence-corrected chi connectivity index (χ0v) is 12.3. The Kier molecular flexibility index (Phi) is 5.09. The summed E-state index contributed by atoms with van der Waals surface area (Å²) >= 11 is 1.49. The van der Waals surface area contributed by atoms with Crippen LogP contribution in [0.5, 0.6) is 5.88 Å². The van der Waals surface area contributed by atoms with E-state index in [2.05, 4.69) is 10.3 Å². The lowest BCUT2D eigenvalue weighted by Gasteiger charge is -2.11. The summed E-state index contributed by atoms with van der Waals surface area (Å²) in [7, 11) is 3.96. The normalized spacial score (nSPS) is 10.6. The number of aromatic nitrogens is 1. The van der Waals surface area contributed by atoms with E-state index >= 15 is 0 Å². The van der Waals surface area contributed by atoms with Crippen LogP contribution in [-0.2, 0) is 0 Å². The Morgan fingerprint density at radius 2 is 2.30 bits per heavy atom. The fourth-order valence-electron chi connectivity index (χ4n) is 1.50. The van der Waals surface area contributed by atoms with E-state index in [1.54, 1.807) is 24.4 Å². The molecule has 5 nitrogen and oxygen atoms in total. The fraction of sp³-hybridized carbons (Fsp3) is 0.286. The second-order valence-corrected chi connectivity index (χ2v) is 5.28. The largest absolute Gasteiger partial charge is 0.476 e. The fourth-order valence-corrected chi connectivity index (χ4v) is 2.13. The molecule has 0 saturated carbocycles. The van der Waals surface area contributed by atoms with E-state index in [0.717, 1.165) is 6.54 Å². The molecule has 0 aliphatic heterocycles. The van der Waals surface area contributed by atoms with Gasteiger partial charge in [0.05, 0.1) is 5.56 Å². The van der Waals surface area contributed by atoms with Gasteiger partial charge in [-0.1, -0.05) is 0 Å². The monoisotopic (exact) mass is 291 g/mol. The number of nitrogens with one attached hydrogen (secondary N) is 1. The van der Waals surface area contributed by atoms with Crippen LogP contribution in [0.4, 0.5) is 5.69 Å². The molecule has 2 aromatic rings. The summed E-state index contributed by atoms with van der Waals surface area (Å²) in [6.07, 6.45) is 1.62. The van der Waals surface area contributed by atoms with Crippen LogP contribution < -0.4 is 10.1 Å². The minimum atomic E-state index is -0.128. The van der Waals surface area contributed by atoms with Gasteiger partial charge in [-0.25, -0.2) is 4.98 Å². The van der Waals surface area contributed by atoms with Crippen LogP contribution in [0.1, 0.15) is 10.4 Å². The lowest BCUT2D eigenvalue weighted by atomic mass is 10.3. The standard InChI is InChI=1S/C14H17N3O2S/c1-17(2)6-7-19-13-9-12(3-5-15-13)16-14(18)11-4-8-20-10-11/h3-5,8-10H,6-7H2,1-2H3,(H,15,16,18). The van der Waals surface area contributed by atoms with Crippen LogP contribution in [0.2, 0.25) is 0 Å². The Bertz CT molecular complexity index is 555. The van der Waals surface area contributed by atoms with Crippen LogP contribution in [0.25, 0.3) is 0 Å². The van der Waals surface area contributed by atoms with Crippen molar-refractivity contribution >= 4 is 22.9 Å². The second kappa shape index (κ2) is 7.02. The molecule has 0 radical (unpaired) electrons. The molecule has 2 aromatic heterocycles. The zero-order valence-electron chi connectivity index (χ0n) is 11.5. The predicted octanol–water partition coefficient (Wildman–Crippen LogP) is 2.34. The molecule has 0 spiro atoms. The van der Waals surface area contributed by atoms with Gasteiger partial charge in [0.2, 0.25) is 5.88 Å². The number of anilines is 1. The molecule has 0 aliphatic rings. The van der Waals surface area contributed by atoms with Gasteiger partial charge < -0.3 is 15.0 Å². The Labute approximate surface area is 122 Å². The number of hydrogen-bond acceptors (Lipinski definition) is 5. The van der Waals surface area contributed by atoms with Crippen molar-refractivity contribution in [1.29, 1.82) is 0 Å². The first-order valence-electron chi connectivity index (χ1n) is 6.22. The molecule has 0 bridgehead atoms. The van der Waals surface area contributed by atoms with Gasteiger partial charge in [0.1, 0.15) is 6.61 Å². The maximum Gasteiger partial charge on any atom is 0.256 e. The van der Waals surface area contributed by atoms with Crippen LogP contribution in [0.15, 0.2) is 35.2 Å². The van der Waals surface area contributed by atoms with Crippen molar-refractivity contribution < 1.29 is 9.53 Å². The summed E-state index contributed by atoms with van der Waals surface area (Å²) in [4.78, 5) is 18.1. The van der Waals surface area contributed by atoms with Crippen LogP contribution in [0, 0.1) is 0 Å². The van der Waals surface area contributed by atoms with Crippen molar-refractivity contribution in [3.05, 3.63) is 40.7 Å². The molecular weight excluding hydrogens is 274 g/mol. The van der Waals surface area contributed by atoms with Crippen molar-refractivity contribution in [2.75, 3.05) is 32.6 Å². The Balaban J connectivity index is 1.94. The average molecular weight is 291 g/mol. The molecule has 0 fully saturated rings. The molecule has 106 valence electrons. The van der Waals surface area contributed by atoms with Crippen LogP contribution >= 0.6 is 11.3 Å². The number of rotatable bonds is 6. The second-order valence-electron chi connectivity index (χ2n) is 4.50. The van der Waals surface area contributed by atoms with Crippen molar-refractivity contribution in [1.82, 2.24) is 9.88 Å². The summed E-state index contributed by atoms with van der Waals surface area (Å²) in [5, 5.41) is 6.50. The van der Waals surface area contributed by atoms with Crippen molar-refractivity contribution in [2.24, 2.45) is 0 Å². The predicted molar refractivity (Wildman–Crippen MR) is 80.6 cm³/mol. The minimum Gasteiger partial charge on any atom is -0.476 e. The summed E-state index contributed by atoms with van der Waals surface area (Å²) in [5.41, 5.74) is 1.33. The van der Waals surface area contributed by atoms with Crippen molar-refractivity contribution in [3.8, 4) is 5.88 Å². The number of pyridine rings is 1. The molecular formula is C14H17N3O2S. The highest BCUT2D eigenvalue weighted by atomic mass is 32.1. The van der Waals surface area contributed by atoms with Gasteiger partial charge in [0.25, 0.3) is 5.91 Å². The third-order valence-corrected chi connectivity index (χ3v) is 3.25. The minimum absolute atomic E-state index is 0.128. The molecule has 2 rings (SSSR count). The third kappa shape index (κ3) is 4.32. The first-order valence-corrected chi connectivity index (χ1v) is 7.16. The Morgan fingerprint density at radius 1 is 1.45 bits per heavy atom. The Hall–Kier alpha value is -1.92. The smallest absolute Gasteiger partial charge is 0.256 e. The molecule has 0 aromatic carbocycles. The number of amides is 1. The van der Waals surface area contributed by atoms with E-state index in [1.165, 1.54) is 11.3 Å². The lowest BCUT2D eigenvalue weighted by Crippen LogP contribution is -2.19. The van der Waals surface area contributed by atoms with E-state index in [0.29, 0.717) is 23.7 Å². The van der Waals surface area contributed by atoms with Gasteiger partial charge >= 0.3 is 0 Å². The number of nitrogens with zero attached hydrogens (tertiary/aromatic N) is 2. The van der Waals surface area contributed by atoms with Crippen molar-refractivity contribution in [2.45, 2.75) is 0 Å². The third-order valence-electron chi connectivity index (χ3n) is 2.56. The molecule has 1 amide bonds. The number of carbonyl (C=O) groups is 1. The first kappa shape index (κ1) is 14.5. The van der Waals surface area contributed by atoms with Crippen molar-refractivity contribution in [3.63, 3.8) is 0 Å². The lowest BCUT2D eigenvalue weighted by molar-refractivity contribution is 0.102. The molecule has 0 unspecified atom stereocenters.